The van der Waals surface area contributed by atoms with Crippen LogP contribution in [0.3, 0.4) is 0 Å². The first-order valence-corrected chi connectivity index (χ1v) is 13.5. The summed E-state index contributed by atoms with van der Waals surface area (Å²) >= 11 is 0. The monoisotopic (exact) mass is 577 g/mol. The van der Waals surface area contributed by atoms with Crippen molar-refractivity contribution in [3.8, 4) is 0 Å². The first kappa shape index (κ1) is 30.4. The van der Waals surface area contributed by atoms with E-state index in [2.05, 4.69) is 9.97 Å². The van der Waals surface area contributed by atoms with E-state index in [1.54, 1.807) is 20.8 Å². The lowest BCUT2D eigenvalue weighted by atomic mass is 9.97. The number of carboxylic acid groups (broad SMARTS) is 1. The molecule has 3 aliphatic rings. The van der Waals surface area contributed by atoms with Crippen LogP contribution >= 0.6 is 0 Å². The summed E-state index contributed by atoms with van der Waals surface area (Å²) in [5, 5.41) is 21.2. The van der Waals surface area contributed by atoms with Crippen molar-refractivity contribution < 1.29 is 41.8 Å². The van der Waals surface area contributed by atoms with Crippen LogP contribution in [-0.4, -0.2) is 90.2 Å². The van der Waals surface area contributed by atoms with Gasteiger partial charge in [0.15, 0.2) is 5.69 Å². The fourth-order valence-electron chi connectivity index (χ4n) is 5.62. The van der Waals surface area contributed by atoms with E-state index >= 15 is 0 Å². The summed E-state index contributed by atoms with van der Waals surface area (Å²) in [7, 11) is 0. The Hall–Kier alpha value is -2.61. The van der Waals surface area contributed by atoms with Crippen molar-refractivity contribution >= 4 is 12.0 Å². The molecule has 2 amide bonds. The summed E-state index contributed by atoms with van der Waals surface area (Å²) in [5.41, 5.74) is -1.82. The molecule has 0 radical (unpaired) electrons. The van der Waals surface area contributed by atoms with Gasteiger partial charge in [0.05, 0.1) is 18.3 Å². The smallest absolute Gasteiger partial charge is 0.433 e. The lowest BCUT2D eigenvalue weighted by molar-refractivity contribution is -0.149. The first-order chi connectivity index (χ1) is 18.4. The molecule has 2 fully saturated rings. The Balaban J connectivity index is 1.58. The van der Waals surface area contributed by atoms with Gasteiger partial charge in [0.25, 0.3) is 5.92 Å². The molecule has 2 atom stereocenters. The number of aliphatic hydroxyl groups excluding tert-OH is 1. The summed E-state index contributed by atoms with van der Waals surface area (Å²) in [4.78, 5) is 36.4. The van der Waals surface area contributed by atoms with Crippen molar-refractivity contribution in [3.63, 3.8) is 0 Å². The molecular formula is C26H36F5N5O4. The van der Waals surface area contributed by atoms with Gasteiger partial charge < -0.3 is 15.1 Å². The van der Waals surface area contributed by atoms with Crippen molar-refractivity contribution in [2.24, 2.45) is 5.92 Å². The standard InChI is InChI=1S/C26H36F5N5O4/c1-24(2,3)36(23(39)40)16(12-35-14-25(27,28)8-6-20(35)37)11-21(38)34-9-7-17-18(13-34)32-19(10-15-4-5-15)33-22(17)26(29,30)31/h15-16,21,38H,4-14H2,1-3H3,(H,39,40)/t16-,21?/m0/s1. The van der Waals surface area contributed by atoms with Crippen LogP contribution in [0.4, 0.5) is 26.7 Å². The fraction of sp³-hybridized carbons (Fsp3) is 0.769. The summed E-state index contributed by atoms with van der Waals surface area (Å²) < 4.78 is 69.7. The minimum Gasteiger partial charge on any atom is -0.465 e. The second-order valence-electron chi connectivity index (χ2n) is 12.1. The highest BCUT2D eigenvalue weighted by molar-refractivity contribution is 5.77. The van der Waals surface area contributed by atoms with Crippen LogP contribution in [0.15, 0.2) is 0 Å². The van der Waals surface area contributed by atoms with Crippen molar-refractivity contribution in [1.82, 2.24) is 24.7 Å². The van der Waals surface area contributed by atoms with Gasteiger partial charge in [-0.2, -0.15) is 13.2 Å². The largest absolute Gasteiger partial charge is 0.465 e. The van der Waals surface area contributed by atoms with Gasteiger partial charge in [-0.15, -0.1) is 0 Å². The minimum absolute atomic E-state index is 0.0185. The molecule has 1 saturated carbocycles. The number of hydrogen-bond donors (Lipinski definition) is 2. The number of aliphatic hydroxyl groups is 1. The molecule has 14 heteroatoms. The Morgan fingerprint density at radius 3 is 2.42 bits per heavy atom. The molecule has 2 N–H and O–H groups in total. The van der Waals surface area contributed by atoms with Crippen LogP contribution in [-0.2, 0) is 30.4 Å². The molecule has 0 aromatic carbocycles. The van der Waals surface area contributed by atoms with E-state index < -0.39 is 60.6 Å². The topological polar surface area (TPSA) is 110 Å². The highest BCUT2D eigenvalue weighted by Crippen LogP contribution is 2.37. The van der Waals surface area contributed by atoms with Crippen LogP contribution in [0.5, 0.6) is 0 Å². The molecule has 4 rings (SSSR count). The highest BCUT2D eigenvalue weighted by Gasteiger charge is 2.44. The summed E-state index contributed by atoms with van der Waals surface area (Å²) in [6, 6.07) is -1.06. The Bertz CT molecular complexity index is 1120. The number of halogens is 5. The number of rotatable bonds is 8. The van der Waals surface area contributed by atoms with Gasteiger partial charge >= 0.3 is 12.3 Å². The summed E-state index contributed by atoms with van der Waals surface area (Å²) in [6.07, 6.45) is -6.47. The van der Waals surface area contributed by atoms with Crippen molar-refractivity contribution in [2.45, 2.75) is 102 Å². The lowest BCUT2D eigenvalue weighted by Crippen LogP contribution is -2.59. The molecule has 1 aliphatic carbocycles. The van der Waals surface area contributed by atoms with Gasteiger partial charge in [-0.3, -0.25) is 14.6 Å². The number of hydrogen-bond acceptors (Lipinski definition) is 6. The number of carbonyl (C=O) groups is 2. The van der Waals surface area contributed by atoms with E-state index in [1.807, 2.05) is 0 Å². The SMILES string of the molecule is CC(C)(C)N(C(=O)O)[C@@H](CC(O)N1CCc2c(nc(CC3CC3)nc2C(F)(F)F)C1)CN1CC(F)(F)CCC1=O. The molecule has 2 aliphatic heterocycles. The fourth-order valence-corrected chi connectivity index (χ4v) is 5.62. The van der Waals surface area contributed by atoms with Crippen molar-refractivity contribution in [3.05, 3.63) is 22.8 Å². The Morgan fingerprint density at radius 2 is 1.85 bits per heavy atom. The zero-order valence-corrected chi connectivity index (χ0v) is 22.8. The maximum atomic E-state index is 14.1. The van der Waals surface area contributed by atoms with E-state index in [0.717, 1.165) is 22.6 Å². The van der Waals surface area contributed by atoms with Gasteiger partial charge in [-0.05, 0) is 46.0 Å². The third kappa shape index (κ3) is 7.17. The molecule has 1 saturated heterocycles. The number of likely N-dealkylation sites (tertiary alicyclic amines) is 1. The van der Waals surface area contributed by atoms with E-state index in [1.165, 1.54) is 4.90 Å². The molecule has 3 heterocycles. The molecule has 224 valence electrons. The normalized spacial score (nSPS) is 21.6. The van der Waals surface area contributed by atoms with Crippen LogP contribution in [0.2, 0.25) is 0 Å². The number of aromatic nitrogens is 2. The summed E-state index contributed by atoms with van der Waals surface area (Å²) in [5.74, 6) is -3.28. The van der Waals surface area contributed by atoms with E-state index in [-0.39, 0.29) is 61.9 Å². The average molecular weight is 578 g/mol. The van der Waals surface area contributed by atoms with Gasteiger partial charge in [0.2, 0.25) is 5.91 Å². The quantitative estimate of drug-likeness (QED) is 0.451. The van der Waals surface area contributed by atoms with Gasteiger partial charge in [0.1, 0.15) is 12.1 Å². The lowest BCUT2D eigenvalue weighted by Gasteiger charge is -2.44. The van der Waals surface area contributed by atoms with E-state index in [4.69, 9.17) is 0 Å². The molecule has 1 aromatic rings. The number of nitrogens with zero attached hydrogens (tertiary/aromatic N) is 5. The number of alkyl halides is 5. The molecule has 9 nitrogen and oxygen atoms in total. The minimum atomic E-state index is -4.66. The third-order valence-electron chi connectivity index (χ3n) is 7.69. The predicted octanol–water partition coefficient (Wildman–Crippen LogP) is 3.92. The van der Waals surface area contributed by atoms with Gasteiger partial charge in [0, 0.05) is 56.4 Å². The number of carbonyl (C=O) groups excluding carboxylic acids is 1. The summed E-state index contributed by atoms with van der Waals surface area (Å²) in [6.45, 7) is 3.54. The third-order valence-corrected chi connectivity index (χ3v) is 7.69. The second-order valence-corrected chi connectivity index (χ2v) is 12.1. The van der Waals surface area contributed by atoms with Crippen LogP contribution in [0, 0.1) is 5.92 Å². The predicted molar refractivity (Wildman–Crippen MR) is 132 cm³/mol. The Kier molecular flexibility index (Phi) is 8.34. The Morgan fingerprint density at radius 1 is 1.18 bits per heavy atom. The van der Waals surface area contributed by atoms with Crippen molar-refractivity contribution in [1.29, 1.82) is 0 Å². The molecular weight excluding hydrogens is 541 g/mol. The number of fused-ring (bicyclic) bond motifs is 1. The van der Waals surface area contributed by atoms with E-state index in [9.17, 15) is 41.8 Å². The van der Waals surface area contributed by atoms with E-state index in [0.29, 0.717) is 6.42 Å². The zero-order chi connectivity index (χ0) is 29.6. The zero-order valence-electron chi connectivity index (χ0n) is 22.8. The molecule has 40 heavy (non-hydrogen) atoms. The number of amides is 2. The molecule has 0 bridgehead atoms. The average Bonchev–Trinajstić information content (AvgIpc) is 3.62. The maximum absolute atomic E-state index is 14.1. The molecule has 1 unspecified atom stereocenters. The van der Waals surface area contributed by atoms with Crippen molar-refractivity contribution in [2.75, 3.05) is 19.6 Å². The number of piperidine rings is 1. The maximum Gasteiger partial charge on any atom is 0.433 e. The second kappa shape index (κ2) is 11.0. The molecule has 1 aromatic heterocycles. The van der Waals surface area contributed by atoms with Crippen LogP contribution in [0.1, 0.15) is 75.7 Å². The van der Waals surface area contributed by atoms with Gasteiger partial charge in [-0.25, -0.2) is 23.5 Å². The highest BCUT2D eigenvalue weighted by atomic mass is 19.4. The Labute approximate surface area is 229 Å². The van der Waals surface area contributed by atoms with Crippen LogP contribution < -0.4 is 0 Å². The van der Waals surface area contributed by atoms with Crippen LogP contribution in [0.25, 0.3) is 0 Å². The molecule has 0 spiro atoms. The first-order valence-electron chi connectivity index (χ1n) is 13.5. The van der Waals surface area contributed by atoms with Gasteiger partial charge in [-0.1, -0.05) is 0 Å².